The molecule has 3 aromatic rings. The van der Waals surface area contributed by atoms with E-state index in [0.717, 1.165) is 11.3 Å². The largest absolute Gasteiger partial charge is 0.354 e. The van der Waals surface area contributed by atoms with Crippen molar-refractivity contribution in [1.82, 2.24) is 30.4 Å². The first-order chi connectivity index (χ1) is 13.1. The second kappa shape index (κ2) is 8.31. The zero-order valence-corrected chi connectivity index (χ0v) is 15.3. The van der Waals surface area contributed by atoms with Crippen LogP contribution in [0.2, 0.25) is 0 Å². The van der Waals surface area contributed by atoms with E-state index in [9.17, 15) is 9.59 Å². The first kappa shape index (κ1) is 18.4. The Morgan fingerprint density at radius 1 is 1.22 bits per heavy atom. The number of carbonyl (C=O) groups excluding carboxylic acids is 2. The minimum Gasteiger partial charge on any atom is -0.354 e. The van der Waals surface area contributed by atoms with E-state index in [1.54, 1.807) is 17.2 Å². The number of hydrogen-bond acceptors (Lipinski definition) is 4. The quantitative estimate of drug-likeness (QED) is 0.590. The number of hydrogen-bond donors (Lipinski definition) is 3. The van der Waals surface area contributed by atoms with E-state index in [2.05, 4.69) is 25.7 Å². The standard InChI is InChI=1S/C19H22N6O2/c1-13(14-6-4-3-5-7-14)25-17(10-16(24-25)18(26)20-2)19(27)22-9-8-15-11-21-12-23-15/h3-7,10-13H,8-9H2,1-2H3,(H,20,26)(H,21,23)(H,22,27). The summed E-state index contributed by atoms with van der Waals surface area (Å²) >= 11 is 0. The van der Waals surface area contributed by atoms with Crippen LogP contribution in [0, 0.1) is 0 Å². The summed E-state index contributed by atoms with van der Waals surface area (Å²) in [6.07, 6.45) is 4.00. The number of aromatic amines is 1. The van der Waals surface area contributed by atoms with Gasteiger partial charge in [0.05, 0.1) is 18.1 Å². The third-order valence-electron chi connectivity index (χ3n) is 4.30. The second-order valence-corrected chi connectivity index (χ2v) is 6.09. The van der Waals surface area contributed by atoms with Gasteiger partial charge in [0.2, 0.25) is 0 Å². The second-order valence-electron chi connectivity index (χ2n) is 6.09. The van der Waals surface area contributed by atoms with Crippen molar-refractivity contribution in [2.45, 2.75) is 19.4 Å². The summed E-state index contributed by atoms with van der Waals surface area (Å²) in [7, 11) is 1.53. The molecule has 0 saturated heterocycles. The topological polar surface area (TPSA) is 105 Å². The van der Waals surface area contributed by atoms with E-state index in [0.29, 0.717) is 18.7 Å². The highest BCUT2D eigenvalue weighted by molar-refractivity contribution is 5.97. The molecule has 3 rings (SSSR count). The normalized spacial score (nSPS) is 11.8. The Morgan fingerprint density at radius 2 is 2.00 bits per heavy atom. The molecule has 0 aliphatic heterocycles. The molecule has 0 saturated carbocycles. The van der Waals surface area contributed by atoms with Crippen LogP contribution >= 0.6 is 0 Å². The van der Waals surface area contributed by atoms with E-state index in [-0.39, 0.29) is 23.6 Å². The summed E-state index contributed by atoms with van der Waals surface area (Å²) < 4.78 is 1.59. The number of H-pyrrole nitrogens is 1. The van der Waals surface area contributed by atoms with Crippen LogP contribution in [0.4, 0.5) is 0 Å². The van der Waals surface area contributed by atoms with Crippen molar-refractivity contribution in [2.24, 2.45) is 0 Å². The van der Waals surface area contributed by atoms with E-state index >= 15 is 0 Å². The van der Waals surface area contributed by atoms with Crippen LogP contribution in [0.1, 0.15) is 45.2 Å². The average Bonchev–Trinajstić information content (AvgIpc) is 3.37. The Morgan fingerprint density at radius 3 is 2.67 bits per heavy atom. The molecular formula is C19H22N6O2. The van der Waals surface area contributed by atoms with Crippen molar-refractivity contribution < 1.29 is 9.59 Å². The predicted molar refractivity (Wildman–Crippen MR) is 100 cm³/mol. The van der Waals surface area contributed by atoms with Gasteiger partial charge in [-0.1, -0.05) is 30.3 Å². The minimum atomic E-state index is -0.334. The highest BCUT2D eigenvalue weighted by atomic mass is 16.2. The highest BCUT2D eigenvalue weighted by Crippen LogP contribution is 2.20. The summed E-state index contributed by atoms with van der Waals surface area (Å²) in [6, 6.07) is 11.0. The number of amides is 2. The lowest BCUT2D eigenvalue weighted by Crippen LogP contribution is -2.29. The smallest absolute Gasteiger partial charge is 0.271 e. The fourth-order valence-corrected chi connectivity index (χ4v) is 2.79. The lowest BCUT2D eigenvalue weighted by atomic mass is 10.1. The molecule has 0 fully saturated rings. The van der Waals surface area contributed by atoms with Crippen molar-refractivity contribution >= 4 is 11.8 Å². The van der Waals surface area contributed by atoms with Gasteiger partial charge in [-0.25, -0.2) is 4.98 Å². The number of aromatic nitrogens is 4. The van der Waals surface area contributed by atoms with Gasteiger partial charge in [-0.3, -0.25) is 14.3 Å². The molecule has 1 unspecified atom stereocenters. The van der Waals surface area contributed by atoms with Gasteiger partial charge in [0.25, 0.3) is 11.8 Å². The van der Waals surface area contributed by atoms with Crippen molar-refractivity contribution in [3.8, 4) is 0 Å². The zero-order chi connectivity index (χ0) is 19.2. The van der Waals surface area contributed by atoms with Crippen LogP contribution in [0.3, 0.4) is 0 Å². The van der Waals surface area contributed by atoms with Gasteiger partial charge in [-0.15, -0.1) is 0 Å². The van der Waals surface area contributed by atoms with Gasteiger partial charge < -0.3 is 15.6 Å². The van der Waals surface area contributed by atoms with Gasteiger partial charge in [0.1, 0.15) is 5.69 Å². The van der Waals surface area contributed by atoms with Crippen molar-refractivity contribution in [1.29, 1.82) is 0 Å². The fourth-order valence-electron chi connectivity index (χ4n) is 2.79. The van der Waals surface area contributed by atoms with E-state index < -0.39 is 0 Å². The van der Waals surface area contributed by atoms with Gasteiger partial charge in [-0.05, 0) is 12.5 Å². The van der Waals surface area contributed by atoms with E-state index in [4.69, 9.17) is 0 Å². The third-order valence-corrected chi connectivity index (χ3v) is 4.30. The maximum atomic E-state index is 12.7. The van der Waals surface area contributed by atoms with Crippen LogP contribution in [0.5, 0.6) is 0 Å². The summed E-state index contributed by atoms with van der Waals surface area (Å²) in [5.41, 5.74) is 2.41. The molecule has 0 radical (unpaired) electrons. The third kappa shape index (κ3) is 4.22. The van der Waals surface area contributed by atoms with Gasteiger partial charge in [-0.2, -0.15) is 5.10 Å². The average molecular weight is 366 g/mol. The first-order valence-corrected chi connectivity index (χ1v) is 8.72. The van der Waals surface area contributed by atoms with Crippen LogP contribution < -0.4 is 10.6 Å². The molecule has 140 valence electrons. The number of benzene rings is 1. The molecule has 1 aromatic carbocycles. The van der Waals surface area contributed by atoms with Crippen LogP contribution in [-0.4, -0.2) is 45.2 Å². The van der Waals surface area contributed by atoms with Crippen LogP contribution in [0.15, 0.2) is 48.9 Å². The minimum absolute atomic E-state index is 0.198. The molecule has 8 nitrogen and oxygen atoms in total. The molecule has 2 heterocycles. The Balaban J connectivity index is 1.82. The number of carbonyl (C=O) groups is 2. The summed E-state index contributed by atoms with van der Waals surface area (Å²) in [6.45, 7) is 2.38. The maximum absolute atomic E-state index is 12.7. The Kier molecular flexibility index (Phi) is 5.65. The monoisotopic (exact) mass is 366 g/mol. The lowest BCUT2D eigenvalue weighted by Gasteiger charge is -2.16. The lowest BCUT2D eigenvalue weighted by molar-refractivity contribution is 0.0938. The van der Waals surface area contributed by atoms with Gasteiger partial charge in [0, 0.05) is 32.3 Å². The number of rotatable bonds is 7. The molecule has 0 aliphatic rings. The van der Waals surface area contributed by atoms with Crippen molar-refractivity contribution in [3.63, 3.8) is 0 Å². The van der Waals surface area contributed by atoms with Crippen molar-refractivity contribution in [3.05, 3.63) is 71.6 Å². The highest BCUT2D eigenvalue weighted by Gasteiger charge is 2.22. The van der Waals surface area contributed by atoms with Gasteiger partial charge in [0.15, 0.2) is 5.69 Å². The molecule has 2 aromatic heterocycles. The number of nitrogens with zero attached hydrogens (tertiary/aromatic N) is 3. The van der Waals surface area contributed by atoms with Crippen LogP contribution in [0.25, 0.3) is 0 Å². The van der Waals surface area contributed by atoms with Crippen LogP contribution in [-0.2, 0) is 6.42 Å². The molecule has 27 heavy (non-hydrogen) atoms. The Hall–Kier alpha value is -3.42. The Labute approximate surface area is 157 Å². The maximum Gasteiger partial charge on any atom is 0.271 e. The SMILES string of the molecule is CNC(=O)c1cc(C(=O)NCCc2c[nH]cn2)n(C(C)c2ccccc2)n1. The fraction of sp³-hybridized carbons (Fsp3) is 0.263. The molecule has 0 bridgehead atoms. The van der Waals surface area contributed by atoms with E-state index in [1.807, 2.05) is 37.3 Å². The summed E-state index contributed by atoms with van der Waals surface area (Å²) in [4.78, 5) is 31.7. The summed E-state index contributed by atoms with van der Waals surface area (Å²) in [5, 5.41) is 9.77. The molecule has 8 heteroatoms. The number of imidazole rings is 1. The summed E-state index contributed by atoms with van der Waals surface area (Å²) in [5.74, 6) is -0.615. The molecule has 1 atom stereocenters. The molecule has 0 aliphatic carbocycles. The zero-order valence-electron chi connectivity index (χ0n) is 15.3. The predicted octanol–water partition coefficient (Wildman–Crippen LogP) is 1.55. The first-order valence-electron chi connectivity index (χ1n) is 8.72. The van der Waals surface area contributed by atoms with E-state index in [1.165, 1.54) is 13.1 Å². The Bertz CT molecular complexity index is 902. The van der Waals surface area contributed by atoms with Gasteiger partial charge >= 0.3 is 0 Å². The molecule has 3 N–H and O–H groups in total. The molecular weight excluding hydrogens is 344 g/mol. The molecule has 0 spiro atoms. The number of nitrogens with one attached hydrogen (secondary N) is 3. The van der Waals surface area contributed by atoms with Crippen molar-refractivity contribution in [2.75, 3.05) is 13.6 Å². The molecule has 2 amide bonds.